The SMILES string of the molecule is Cc1nc2ccccc2c(=O)n1CC(=O)NCC(C)(C)c1cccc(F)c1. The van der Waals surface area contributed by atoms with Crippen LogP contribution in [0.3, 0.4) is 0 Å². The number of halogens is 1. The standard InChI is InChI=1S/C21H22FN3O2/c1-14-24-18-10-5-4-9-17(18)20(27)25(14)12-19(26)23-13-21(2,3)15-7-6-8-16(22)11-15/h4-11H,12-13H2,1-3H3,(H,23,26). The summed E-state index contributed by atoms with van der Waals surface area (Å²) in [5, 5.41) is 3.33. The van der Waals surface area contributed by atoms with Crippen LogP contribution >= 0.6 is 0 Å². The molecule has 0 fully saturated rings. The van der Waals surface area contributed by atoms with Crippen LogP contribution in [0.1, 0.15) is 25.2 Å². The molecular formula is C21H22FN3O2. The van der Waals surface area contributed by atoms with Crippen LogP contribution < -0.4 is 10.9 Å². The van der Waals surface area contributed by atoms with Crippen molar-refractivity contribution in [3.8, 4) is 0 Å². The number of rotatable bonds is 5. The Kier molecular flexibility index (Phi) is 5.08. The van der Waals surface area contributed by atoms with Crippen molar-refractivity contribution >= 4 is 16.8 Å². The van der Waals surface area contributed by atoms with Gasteiger partial charge in [-0.1, -0.05) is 38.1 Å². The number of nitrogens with zero attached hydrogens (tertiary/aromatic N) is 2. The lowest BCUT2D eigenvalue weighted by atomic mass is 9.84. The molecule has 5 nitrogen and oxygen atoms in total. The summed E-state index contributed by atoms with van der Waals surface area (Å²) < 4.78 is 14.8. The third-order valence-corrected chi connectivity index (χ3v) is 4.69. The van der Waals surface area contributed by atoms with E-state index < -0.39 is 5.41 Å². The average molecular weight is 367 g/mol. The number of nitrogens with one attached hydrogen (secondary N) is 1. The molecule has 2 aromatic carbocycles. The molecule has 0 aliphatic carbocycles. The van der Waals surface area contributed by atoms with Gasteiger partial charge in [-0.15, -0.1) is 0 Å². The first-order chi connectivity index (χ1) is 12.8. The minimum atomic E-state index is -0.445. The molecule has 1 aromatic heterocycles. The maximum absolute atomic E-state index is 13.5. The van der Waals surface area contributed by atoms with Gasteiger partial charge < -0.3 is 5.32 Å². The van der Waals surface area contributed by atoms with E-state index in [9.17, 15) is 14.0 Å². The van der Waals surface area contributed by atoms with Gasteiger partial charge in [-0.05, 0) is 36.8 Å². The summed E-state index contributed by atoms with van der Waals surface area (Å²) >= 11 is 0. The molecule has 3 aromatic rings. The molecule has 0 radical (unpaired) electrons. The number of aryl methyl sites for hydroxylation is 1. The molecule has 27 heavy (non-hydrogen) atoms. The summed E-state index contributed by atoms with van der Waals surface area (Å²) in [6.45, 7) is 5.78. The Morgan fingerprint density at radius 2 is 1.93 bits per heavy atom. The van der Waals surface area contributed by atoms with Crippen molar-refractivity contribution in [2.75, 3.05) is 6.54 Å². The fraction of sp³-hybridized carbons (Fsp3) is 0.286. The molecule has 0 atom stereocenters. The normalized spacial score (nSPS) is 11.6. The number of hydrogen-bond acceptors (Lipinski definition) is 3. The molecule has 3 rings (SSSR count). The fourth-order valence-corrected chi connectivity index (χ4v) is 3.00. The molecule has 6 heteroatoms. The van der Waals surface area contributed by atoms with Gasteiger partial charge in [0.25, 0.3) is 5.56 Å². The van der Waals surface area contributed by atoms with Crippen molar-refractivity contribution in [2.24, 2.45) is 0 Å². The van der Waals surface area contributed by atoms with E-state index >= 15 is 0 Å². The van der Waals surface area contributed by atoms with Crippen LogP contribution in [0, 0.1) is 12.7 Å². The lowest BCUT2D eigenvalue weighted by Crippen LogP contribution is -2.40. The van der Waals surface area contributed by atoms with E-state index in [4.69, 9.17) is 0 Å². The summed E-state index contributed by atoms with van der Waals surface area (Å²) in [5.41, 5.74) is 0.726. The predicted molar refractivity (Wildman–Crippen MR) is 103 cm³/mol. The van der Waals surface area contributed by atoms with Crippen molar-refractivity contribution in [3.63, 3.8) is 0 Å². The van der Waals surface area contributed by atoms with E-state index in [1.54, 1.807) is 31.2 Å². The van der Waals surface area contributed by atoms with Crippen molar-refractivity contribution in [1.29, 1.82) is 0 Å². The number of carbonyl (C=O) groups excluding carboxylic acids is 1. The highest BCUT2D eigenvalue weighted by Gasteiger charge is 2.22. The highest BCUT2D eigenvalue weighted by atomic mass is 19.1. The molecule has 140 valence electrons. The first-order valence-electron chi connectivity index (χ1n) is 8.77. The maximum atomic E-state index is 13.5. The topological polar surface area (TPSA) is 64.0 Å². The number of hydrogen-bond donors (Lipinski definition) is 1. The van der Waals surface area contributed by atoms with E-state index in [0.29, 0.717) is 23.3 Å². The number of carbonyl (C=O) groups is 1. The van der Waals surface area contributed by atoms with E-state index in [-0.39, 0.29) is 23.8 Å². The van der Waals surface area contributed by atoms with Crippen LogP contribution in [0.4, 0.5) is 4.39 Å². The van der Waals surface area contributed by atoms with Crippen LogP contribution in [0.5, 0.6) is 0 Å². The number of benzene rings is 2. The zero-order valence-electron chi connectivity index (χ0n) is 15.6. The fourth-order valence-electron chi connectivity index (χ4n) is 3.00. The van der Waals surface area contributed by atoms with Gasteiger partial charge in [-0.2, -0.15) is 0 Å². The first kappa shape index (κ1) is 18.8. The lowest BCUT2D eigenvalue weighted by molar-refractivity contribution is -0.122. The molecule has 1 amide bonds. The molecule has 1 N–H and O–H groups in total. The van der Waals surface area contributed by atoms with Crippen LogP contribution in [0.25, 0.3) is 10.9 Å². The molecule has 0 aliphatic rings. The number of fused-ring (bicyclic) bond motifs is 1. The minimum absolute atomic E-state index is 0.109. The summed E-state index contributed by atoms with van der Waals surface area (Å²) in [5.74, 6) is -0.115. The van der Waals surface area contributed by atoms with Gasteiger partial charge in [0.2, 0.25) is 5.91 Å². The van der Waals surface area contributed by atoms with Gasteiger partial charge in [0.05, 0.1) is 10.9 Å². The second-order valence-electron chi connectivity index (χ2n) is 7.24. The molecule has 0 bridgehead atoms. The zero-order chi connectivity index (χ0) is 19.6. The average Bonchev–Trinajstić information content (AvgIpc) is 2.63. The van der Waals surface area contributed by atoms with Crippen molar-refractivity contribution in [3.05, 3.63) is 76.1 Å². The Labute approximate surface area is 156 Å². The van der Waals surface area contributed by atoms with Gasteiger partial charge in [0.1, 0.15) is 18.2 Å². The highest BCUT2D eigenvalue weighted by molar-refractivity contribution is 5.79. The van der Waals surface area contributed by atoms with Crippen LogP contribution in [0.2, 0.25) is 0 Å². The second-order valence-corrected chi connectivity index (χ2v) is 7.24. The largest absolute Gasteiger partial charge is 0.354 e. The molecular weight excluding hydrogens is 345 g/mol. The molecule has 0 unspecified atom stereocenters. The second kappa shape index (κ2) is 7.31. The quantitative estimate of drug-likeness (QED) is 0.754. The predicted octanol–water partition coefficient (Wildman–Crippen LogP) is 2.94. The van der Waals surface area contributed by atoms with Gasteiger partial charge >= 0.3 is 0 Å². The number of amides is 1. The smallest absolute Gasteiger partial charge is 0.261 e. The first-order valence-corrected chi connectivity index (χ1v) is 8.77. The van der Waals surface area contributed by atoms with Crippen molar-refractivity contribution < 1.29 is 9.18 Å². The Morgan fingerprint density at radius 1 is 1.19 bits per heavy atom. The molecule has 0 aliphatic heterocycles. The van der Waals surface area contributed by atoms with Crippen LogP contribution in [0.15, 0.2) is 53.3 Å². The zero-order valence-corrected chi connectivity index (χ0v) is 15.6. The summed E-state index contributed by atoms with van der Waals surface area (Å²) in [4.78, 5) is 29.5. The Morgan fingerprint density at radius 3 is 2.67 bits per heavy atom. The van der Waals surface area contributed by atoms with Crippen LogP contribution in [-0.4, -0.2) is 22.0 Å². The monoisotopic (exact) mass is 367 g/mol. The van der Waals surface area contributed by atoms with E-state index in [2.05, 4.69) is 10.3 Å². The van der Waals surface area contributed by atoms with Crippen molar-refractivity contribution in [2.45, 2.75) is 32.7 Å². The number of aromatic nitrogens is 2. The van der Waals surface area contributed by atoms with E-state index in [1.165, 1.54) is 16.7 Å². The van der Waals surface area contributed by atoms with Gasteiger partial charge in [0.15, 0.2) is 0 Å². The number of para-hydroxylation sites is 1. The van der Waals surface area contributed by atoms with E-state index in [0.717, 1.165) is 5.56 Å². The Hall–Kier alpha value is -3.02. The Balaban J connectivity index is 1.75. The van der Waals surface area contributed by atoms with Gasteiger partial charge in [-0.3, -0.25) is 14.2 Å². The highest BCUT2D eigenvalue weighted by Crippen LogP contribution is 2.22. The third-order valence-electron chi connectivity index (χ3n) is 4.69. The summed E-state index contributed by atoms with van der Waals surface area (Å²) in [7, 11) is 0. The van der Waals surface area contributed by atoms with Gasteiger partial charge in [-0.25, -0.2) is 9.37 Å². The minimum Gasteiger partial charge on any atom is -0.354 e. The lowest BCUT2D eigenvalue weighted by Gasteiger charge is -2.26. The van der Waals surface area contributed by atoms with Gasteiger partial charge in [0, 0.05) is 12.0 Å². The van der Waals surface area contributed by atoms with Crippen molar-refractivity contribution in [1.82, 2.24) is 14.9 Å². The summed E-state index contributed by atoms with van der Waals surface area (Å²) in [6, 6.07) is 13.4. The third kappa shape index (κ3) is 4.05. The molecule has 0 saturated carbocycles. The molecule has 0 spiro atoms. The molecule has 1 heterocycles. The maximum Gasteiger partial charge on any atom is 0.261 e. The summed E-state index contributed by atoms with van der Waals surface area (Å²) in [6.07, 6.45) is 0. The van der Waals surface area contributed by atoms with E-state index in [1.807, 2.05) is 26.0 Å². The van der Waals surface area contributed by atoms with Crippen LogP contribution in [-0.2, 0) is 16.8 Å². The molecule has 0 saturated heterocycles. The Bertz CT molecular complexity index is 1060.